The molecule has 1 aliphatic heterocycles. The van der Waals surface area contributed by atoms with E-state index in [0.29, 0.717) is 17.9 Å². The molecule has 2 heterocycles. The first-order valence-corrected chi connectivity index (χ1v) is 9.11. The lowest BCUT2D eigenvalue weighted by atomic mass is 10.0. The molecule has 1 aliphatic rings. The molecule has 1 N–H and O–H groups in total. The van der Waals surface area contributed by atoms with Gasteiger partial charge in [-0.05, 0) is 24.3 Å². The summed E-state index contributed by atoms with van der Waals surface area (Å²) in [5.41, 5.74) is 0.420. The highest BCUT2D eigenvalue weighted by Gasteiger charge is 2.36. The highest BCUT2D eigenvalue weighted by atomic mass is 32.2. The van der Waals surface area contributed by atoms with Crippen molar-refractivity contribution < 1.29 is 9.53 Å². The number of carbonyl (C=O) groups excluding carboxylic acids is 1. The third kappa shape index (κ3) is 3.19. The van der Waals surface area contributed by atoms with Crippen LogP contribution in [0.3, 0.4) is 0 Å². The van der Waals surface area contributed by atoms with Gasteiger partial charge < -0.3 is 10.1 Å². The van der Waals surface area contributed by atoms with Crippen LogP contribution in [0.1, 0.15) is 16.9 Å². The molecule has 1 amide bonds. The van der Waals surface area contributed by atoms with Crippen molar-refractivity contribution in [1.82, 2.24) is 10.3 Å². The summed E-state index contributed by atoms with van der Waals surface area (Å²) in [7, 11) is 1.61. The topological polar surface area (TPSA) is 75.0 Å². The molecule has 7 heteroatoms. The molecule has 1 saturated heterocycles. The quantitative estimate of drug-likeness (QED) is 0.922. The molecule has 0 saturated carbocycles. The third-order valence-corrected chi connectivity index (χ3v) is 5.73. The standard InChI is InChI=1S/C16H15N3O2S2/c1-21-13-5-3-2-4-11(13)15-18-12(8-23-15)14(20)19-16(9-17)6-7-22-10-16/h2-5,8H,6-7,10H2,1H3,(H,19,20)/t16-/m0/s1. The van der Waals surface area contributed by atoms with Gasteiger partial charge in [0.2, 0.25) is 0 Å². The predicted octanol–water partition coefficient (Wildman–Crippen LogP) is 2.95. The fourth-order valence-electron chi connectivity index (χ4n) is 2.38. The van der Waals surface area contributed by atoms with Crippen molar-refractivity contribution in [3.8, 4) is 22.4 Å². The number of nitrogens with zero attached hydrogens (tertiary/aromatic N) is 2. The summed E-state index contributed by atoms with van der Waals surface area (Å²) >= 11 is 3.06. The highest BCUT2D eigenvalue weighted by Crippen LogP contribution is 2.32. The van der Waals surface area contributed by atoms with E-state index in [1.807, 2.05) is 24.3 Å². The Balaban J connectivity index is 1.82. The van der Waals surface area contributed by atoms with E-state index in [1.54, 1.807) is 24.3 Å². The molecule has 5 nitrogen and oxygen atoms in total. The van der Waals surface area contributed by atoms with Gasteiger partial charge in [-0.25, -0.2) is 4.98 Å². The van der Waals surface area contributed by atoms with E-state index in [1.165, 1.54) is 11.3 Å². The van der Waals surface area contributed by atoms with Crippen LogP contribution >= 0.6 is 23.1 Å². The highest BCUT2D eigenvalue weighted by molar-refractivity contribution is 7.99. The van der Waals surface area contributed by atoms with Crippen molar-refractivity contribution in [2.75, 3.05) is 18.6 Å². The molecule has 2 aromatic rings. The lowest BCUT2D eigenvalue weighted by Gasteiger charge is -2.20. The number of hydrogen-bond donors (Lipinski definition) is 1. The normalized spacial score (nSPS) is 20.0. The Hall–Kier alpha value is -2.04. The zero-order valence-corrected chi connectivity index (χ0v) is 14.2. The molecule has 0 unspecified atom stereocenters. The first-order valence-electron chi connectivity index (χ1n) is 7.08. The molecule has 1 atom stereocenters. The summed E-state index contributed by atoms with van der Waals surface area (Å²) in [6, 6.07) is 9.79. The molecule has 118 valence electrons. The zero-order valence-electron chi connectivity index (χ0n) is 12.5. The van der Waals surface area contributed by atoms with Gasteiger partial charge in [0.15, 0.2) is 0 Å². The van der Waals surface area contributed by atoms with Crippen LogP contribution in [-0.2, 0) is 0 Å². The number of nitrogens with one attached hydrogen (secondary N) is 1. The van der Waals surface area contributed by atoms with Crippen LogP contribution in [0.5, 0.6) is 5.75 Å². The maximum absolute atomic E-state index is 12.4. The monoisotopic (exact) mass is 345 g/mol. The van der Waals surface area contributed by atoms with Crippen LogP contribution in [-0.4, -0.2) is 35.0 Å². The van der Waals surface area contributed by atoms with Crippen LogP contribution in [0.2, 0.25) is 0 Å². The molecule has 0 bridgehead atoms. The SMILES string of the molecule is COc1ccccc1-c1nc(C(=O)N[C@]2(C#N)CCSC2)cs1. The number of carbonyl (C=O) groups is 1. The molecule has 0 spiro atoms. The average Bonchev–Trinajstić information content (AvgIpc) is 3.24. The van der Waals surface area contributed by atoms with E-state index in [9.17, 15) is 10.1 Å². The van der Waals surface area contributed by atoms with Crippen LogP contribution in [0.4, 0.5) is 0 Å². The number of thioether (sulfide) groups is 1. The Labute approximate surface area is 142 Å². The van der Waals surface area contributed by atoms with Gasteiger partial charge >= 0.3 is 0 Å². The second-order valence-corrected chi connectivity index (χ2v) is 7.15. The van der Waals surface area contributed by atoms with Crippen molar-refractivity contribution in [3.63, 3.8) is 0 Å². The molecular weight excluding hydrogens is 330 g/mol. The van der Waals surface area contributed by atoms with Gasteiger partial charge in [0.1, 0.15) is 22.0 Å². The molecule has 3 rings (SSSR count). The maximum Gasteiger partial charge on any atom is 0.272 e. The van der Waals surface area contributed by atoms with E-state index in [0.717, 1.165) is 22.1 Å². The second kappa shape index (κ2) is 6.60. The number of rotatable bonds is 4. The van der Waals surface area contributed by atoms with E-state index >= 15 is 0 Å². The number of methoxy groups -OCH3 is 1. The van der Waals surface area contributed by atoms with Gasteiger partial charge in [0.05, 0.1) is 18.7 Å². The number of para-hydroxylation sites is 1. The summed E-state index contributed by atoms with van der Waals surface area (Å²) in [4.78, 5) is 16.8. The molecule has 1 aromatic carbocycles. The Morgan fingerprint density at radius 3 is 3.00 bits per heavy atom. The Morgan fingerprint density at radius 1 is 1.48 bits per heavy atom. The van der Waals surface area contributed by atoms with E-state index in [-0.39, 0.29) is 5.91 Å². The summed E-state index contributed by atoms with van der Waals surface area (Å²) in [6.07, 6.45) is 0.670. The Morgan fingerprint density at radius 2 is 2.30 bits per heavy atom. The molecule has 1 fully saturated rings. The predicted molar refractivity (Wildman–Crippen MR) is 91.9 cm³/mol. The Kier molecular flexibility index (Phi) is 4.55. The molecule has 0 aliphatic carbocycles. The molecule has 0 radical (unpaired) electrons. The summed E-state index contributed by atoms with van der Waals surface area (Å²) in [5, 5.41) is 14.6. The minimum absolute atomic E-state index is 0.300. The maximum atomic E-state index is 12.4. The number of aromatic nitrogens is 1. The van der Waals surface area contributed by atoms with Crippen LogP contribution in [0, 0.1) is 11.3 Å². The fraction of sp³-hybridized carbons (Fsp3) is 0.312. The second-order valence-electron chi connectivity index (χ2n) is 5.19. The van der Waals surface area contributed by atoms with Crippen molar-refractivity contribution in [3.05, 3.63) is 35.3 Å². The lowest BCUT2D eigenvalue weighted by Crippen LogP contribution is -2.47. The fourth-order valence-corrected chi connectivity index (χ4v) is 4.48. The zero-order chi connectivity index (χ0) is 16.3. The summed E-state index contributed by atoms with van der Waals surface area (Å²) in [6.45, 7) is 0. The molecular formula is C16H15N3O2S2. The molecule has 1 aromatic heterocycles. The van der Waals surface area contributed by atoms with Crippen molar-refractivity contribution >= 4 is 29.0 Å². The van der Waals surface area contributed by atoms with Gasteiger partial charge in [-0.2, -0.15) is 17.0 Å². The van der Waals surface area contributed by atoms with E-state index < -0.39 is 5.54 Å². The first kappa shape index (κ1) is 15.8. The minimum atomic E-state index is -0.768. The van der Waals surface area contributed by atoms with Gasteiger partial charge in [-0.3, -0.25) is 4.79 Å². The number of ether oxygens (including phenoxy) is 1. The van der Waals surface area contributed by atoms with Crippen molar-refractivity contribution in [2.45, 2.75) is 12.0 Å². The summed E-state index contributed by atoms with van der Waals surface area (Å²) < 4.78 is 5.33. The number of nitriles is 1. The van der Waals surface area contributed by atoms with Gasteiger partial charge in [0, 0.05) is 11.1 Å². The number of benzene rings is 1. The lowest BCUT2D eigenvalue weighted by molar-refractivity contribution is 0.0922. The third-order valence-electron chi connectivity index (χ3n) is 3.66. The molecule has 23 heavy (non-hydrogen) atoms. The largest absolute Gasteiger partial charge is 0.496 e. The number of amides is 1. The first-order chi connectivity index (χ1) is 11.2. The smallest absolute Gasteiger partial charge is 0.272 e. The summed E-state index contributed by atoms with van der Waals surface area (Å²) in [5.74, 6) is 1.93. The van der Waals surface area contributed by atoms with Gasteiger partial charge in [-0.15, -0.1) is 11.3 Å². The van der Waals surface area contributed by atoms with Crippen LogP contribution in [0.25, 0.3) is 10.6 Å². The van der Waals surface area contributed by atoms with Crippen molar-refractivity contribution in [2.24, 2.45) is 0 Å². The van der Waals surface area contributed by atoms with Crippen LogP contribution in [0.15, 0.2) is 29.6 Å². The average molecular weight is 345 g/mol. The van der Waals surface area contributed by atoms with E-state index in [4.69, 9.17) is 4.74 Å². The van der Waals surface area contributed by atoms with Gasteiger partial charge in [-0.1, -0.05) is 12.1 Å². The minimum Gasteiger partial charge on any atom is -0.496 e. The van der Waals surface area contributed by atoms with E-state index in [2.05, 4.69) is 16.4 Å². The number of thiazole rings is 1. The van der Waals surface area contributed by atoms with Gasteiger partial charge in [0.25, 0.3) is 5.91 Å². The van der Waals surface area contributed by atoms with Crippen LogP contribution < -0.4 is 10.1 Å². The Bertz CT molecular complexity index is 761. The van der Waals surface area contributed by atoms with Crippen molar-refractivity contribution in [1.29, 1.82) is 5.26 Å². The number of hydrogen-bond acceptors (Lipinski definition) is 6.